The minimum atomic E-state index is -3.40. The Hall–Kier alpha value is -3.44. The summed E-state index contributed by atoms with van der Waals surface area (Å²) < 4.78 is 55.0. The smallest absolute Gasteiger partial charge is 0.287 e. The van der Waals surface area contributed by atoms with E-state index < -0.39 is 47.7 Å². The molecule has 1 heterocycles. The van der Waals surface area contributed by atoms with E-state index in [2.05, 4.69) is 15.7 Å². The molecule has 1 aromatic carbocycles. The van der Waals surface area contributed by atoms with Gasteiger partial charge in [0, 0.05) is 12.7 Å². The van der Waals surface area contributed by atoms with Crippen LogP contribution in [0.25, 0.3) is 0 Å². The third-order valence-corrected chi connectivity index (χ3v) is 7.20. The van der Waals surface area contributed by atoms with Crippen LogP contribution in [0.5, 0.6) is 0 Å². The Morgan fingerprint density at radius 2 is 1.72 bits per heavy atom. The molecule has 39 heavy (non-hydrogen) atoms. The number of carbonyl (C=O) groups is 3. The number of anilines is 1. The first kappa shape index (κ1) is 30.1. The van der Waals surface area contributed by atoms with Crippen LogP contribution in [0.3, 0.4) is 0 Å². The van der Waals surface area contributed by atoms with Crippen molar-refractivity contribution in [3.8, 4) is 0 Å². The molecule has 0 saturated heterocycles. The van der Waals surface area contributed by atoms with Crippen molar-refractivity contribution >= 4 is 23.4 Å². The quantitative estimate of drug-likeness (QED) is 0.225. The lowest BCUT2D eigenvalue weighted by Gasteiger charge is -2.27. The van der Waals surface area contributed by atoms with Gasteiger partial charge in [-0.1, -0.05) is 31.7 Å². The summed E-state index contributed by atoms with van der Waals surface area (Å²) in [6.45, 7) is 4.99. The maximum Gasteiger partial charge on any atom is 0.287 e. The van der Waals surface area contributed by atoms with Crippen molar-refractivity contribution in [1.82, 2.24) is 20.4 Å². The van der Waals surface area contributed by atoms with Gasteiger partial charge in [-0.2, -0.15) is 5.10 Å². The van der Waals surface area contributed by atoms with Crippen LogP contribution >= 0.6 is 0 Å². The third-order valence-electron chi connectivity index (χ3n) is 7.20. The Bertz CT molecular complexity index is 1160. The summed E-state index contributed by atoms with van der Waals surface area (Å²) in [5.74, 6) is -3.12. The second-order valence-electron chi connectivity index (χ2n) is 10.3. The number of aromatic nitrogens is 2. The van der Waals surface area contributed by atoms with Gasteiger partial charge in [0.2, 0.25) is 18.1 Å². The molecule has 1 aromatic heterocycles. The van der Waals surface area contributed by atoms with Crippen LogP contribution in [0.1, 0.15) is 75.3 Å². The summed E-state index contributed by atoms with van der Waals surface area (Å²) in [5.41, 5.74) is -1.31. The van der Waals surface area contributed by atoms with Crippen molar-refractivity contribution in [3.05, 3.63) is 47.5 Å². The number of hydrogen-bond donors (Lipinski definition) is 3. The van der Waals surface area contributed by atoms with Crippen molar-refractivity contribution in [1.29, 1.82) is 0 Å². The van der Waals surface area contributed by atoms with Crippen LogP contribution in [0.4, 0.5) is 23.2 Å². The zero-order chi connectivity index (χ0) is 28.7. The predicted molar refractivity (Wildman–Crippen MR) is 137 cm³/mol. The summed E-state index contributed by atoms with van der Waals surface area (Å²) in [4.78, 5) is 38.8. The molecule has 8 nitrogen and oxygen atoms in total. The van der Waals surface area contributed by atoms with E-state index in [-0.39, 0.29) is 17.2 Å². The van der Waals surface area contributed by atoms with E-state index in [0.29, 0.717) is 12.2 Å². The summed E-state index contributed by atoms with van der Waals surface area (Å²) >= 11 is 0. The highest BCUT2D eigenvalue weighted by molar-refractivity contribution is 6.00. The Labute approximate surface area is 224 Å². The molecule has 0 spiro atoms. The summed E-state index contributed by atoms with van der Waals surface area (Å²) in [7, 11) is 0. The number of hydrogen-bond acceptors (Lipinski definition) is 4. The van der Waals surface area contributed by atoms with E-state index in [0.717, 1.165) is 44.6 Å². The van der Waals surface area contributed by atoms with E-state index in [1.54, 1.807) is 11.4 Å². The van der Waals surface area contributed by atoms with E-state index in [9.17, 15) is 27.6 Å². The minimum Gasteiger partial charge on any atom is -0.339 e. The Morgan fingerprint density at radius 3 is 2.31 bits per heavy atom. The molecule has 12 heteroatoms. The zero-order valence-electron chi connectivity index (χ0n) is 22.3. The minimum absolute atomic E-state index is 0.0958. The maximum atomic E-state index is 15.1. The number of alkyl halides is 3. The molecule has 2 atom stereocenters. The molecule has 214 valence electrons. The predicted octanol–water partition coefficient (Wildman–Crippen LogP) is 4.70. The molecule has 3 rings (SSSR count). The average molecular weight is 554 g/mol. The van der Waals surface area contributed by atoms with Crippen molar-refractivity contribution in [2.45, 2.75) is 90.0 Å². The maximum absolute atomic E-state index is 15.1. The third kappa shape index (κ3) is 7.36. The summed E-state index contributed by atoms with van der Waals surface area (Å²) in [5, 5.41) is 11.1. The molecule has 0 bridgehead atoms. The summed E-state index contributed by atoms with van der Waals surface area (Å²) in [6, 6.07) is 4.23. The van der Waals surface area contributed by atoms with Crippen molar-refractivity contribution in [3.63, 3.8) is 0 Å². The second-order valence-corrected chi connectivity index (χ2v) is 10.3. The number of benzene rings is 1. The number of aryl methyl sites for hydroxylation is 1. The van der Waals surface area contributed by atoms with Gasteiger partial charge in [0.15, 0.2) is 0 Å². The van der Waals surface area contributed by atoms with Gasteiger partial charge in [0.25, 0.3) is 12.3 Å². The van der Waals surface area contributed by atoms with Gasteiger partial charge in [-0.15, -0.1) is 0 Å². The lowest BCUT2D eigenvalue weighted by Crippen LogP contribution is -2.49. The van der Waals surface area contributed by atoms with Crippen LogP contribution in [0.15, 0.2) is 30.5 Å². The monoisotopic (exact) mass is 553 g/mol. The topological polar surface area (TPSA) is 105 Å². The molecule has 0 aliphatic heterocycles. The van der Waals surface area contributed by atoms with Crippen molar-refractivity contribution in [2.75, 3.05) is 5.32 Å². The van der Waals surface area contributed by atoms with Gasteiger partial charge in [0.05, 0.1) is 11.1 Å². The fourth-order valence-corrected chi connectivity index (χ4v) is 4.75. The fourth-order valence-electron chi connectivity index (χ4n) is 4.75. The lowest BCUT2D eigenvalue weighted by atomic mass is 9.83. The first-order valence-corrected chi connectivity index (χ1v) is 13.1. The molecule has 3 N–H and O–H groups in total. The number of carbonyl (C=O) groups excluding carboxylic acids is 3. The van der Waals surface area contributed by atoms with Gasteiger partial charge >= 0.3 is 0 Å². The van der Waals surface area contributed by atoms with Gasteiger partial charge in [-0.25, -0.2) is 17.6 Å². The highest BCUT2D eigenvalue weighted by Gasteiger charge is 2.35. The normalized spacial score (nSPS) is 16.3. The highest BCUT2D eigenvalue weighted by Crippen LogP contribution is 2.29. The van der Waals surface area contributed by atoms with Crippen LogP contribution < -0.4 is 16.0 Å². The van der Waals surface area contributed by atoms with E-state index in [1.165, 1.54) is 36.9 Å². The van der Waals surface area contributed by atoms with Gasteiger partial charge < -0.3 is 16.0 Å². The average Bonchev–Trinajstić information content (AvgIpc) is 3.22. The van der Waals surface area contributed by atoms with Gasteiger partial charge in [-0.05, 0) is 63.3 Å². The molecule has 2 unspecified atom stereocenters. The molecular weight excluding hydrogens is 518 g/mol. The van der Waals surface area contributed by atoms with Crippen LogP contribution in [0, 0.1) is 11.7 Å². The fraction of sp³-hybridized carbons (Fsp3) is 0.556. The molecule has 1 aliphatic rings. The number of amides is 3. The number of halogens is 4. The second kappa shape index (κ2) is 13.1. The first-order valence-electron chi connectivity index (χ1n) is 13.1. The van der Waals surface area contributed by atoms with Gasteiger partial charge in [0.1, 0.15) is 17.6 Å². The standard InChI is InChI=1S/C27H35F4N5O3/c1-4-36-20(13-14-32-36)24(37)34-21(16-9-7-5-6-8-10-16)25(38)33-19-12-11-17(15-18(19)28)27(2,3)26(39)35-23(31)22(29)30/h11-16,21-23H,4-10H2,1-3H3,(H,33,38)(H,34,37)(H,35,39). The molecule has 1 fully saturated rings. The molecular formula is C27H35F4N5O3. The molecule has 0 radical (unpaired) electrons. The number of nitrogens with one attached hydrogen (secondary N) is 3. The SMILES string of the molecule is CCn1nccc1C(=O)NC(C(=O)Nc1ccc(C(C)(C)C(=O)NC(F)C(F)F)cc1F)C1CCCCCC1. The first-order chi connectivity index (χ1) is 18.4. The van der Waals surface area contributed by atoms with E-state index in [4.69, 9.17) is 0 Å². The number of rotatable bonds is 10. The van der Waals surface area contributed by atoms with E-state index in [1.807, 2.05) is 6.92 Å². The highest BCUT2D eigenvalue weighted by atomic mass is 19.3. The number of nitrogens with zero attached hydrogens (tertiary/aromatic N) is 2. The molecule has 1 saturated carbocycles. The van der Waals surface area contributed by atoms with Crippen LogP contribution in [0.2, 0.25) is 0 Å². The van der Waals surface area contributed by atoms with Crippen LogP contribution in [-0.2, 0) is 21.5 Å². The summed E-state index contributed by atoms with van der Waals surface area (Å²) in [6.07, 6.45) is 0.567. The molecule has 2 aromatic rings. The zero-order valence-corrected chi connectivity index (χ0v) is 22.3. The lowest BCUT2D eigenvalue weighted by molar-refractivity contribution is -0.129. The Balaban J connectivity index is 1.80. The van der Waals surface area contributed by atoms with Gasteiger partial charge in [-0.3, -0.25) is 19.1 Å². The van der Waals surface area contributed by atoms with E-state index >= 15 is 4.39 Å². The van der Waals surface area contributed by atoms with Crippen molar-refractivity contribution < 1.29 is 31.9 Å². The Morgan fingerprint density at radius 1 is 1.05 bits per heavy atom. The van der Waals surface area contributed by atoms with Crippen LogP contribution in [-0.4, -0.2) is 46.3 Å². The Kier molecular flexibility index (Phi) is 10.1. The van der Waals surface area contributed by atoms with Crippen molar-refractivity contribution in [2.24, 2.45) is 5.92 Å². The molecule has 3 amide bonds. The molecule has 1 aliphatic carbocycles. The largest absolute Gasteiger partial charge is 0.339 e.